The maximum atomic E-state index is 12.0. The first-order chi connectivity index (χ1) is 8.20. The van der Waals surface area contributed by atoms with Crippen LogP contribution < -0.4 is 4.42 Å². The second kappa shape index (κ2) is 4.89. The van der Waals surface area contributed by atoms with E-state index in [1.54, 1.807) is 36.4 Å². The van der Waals surface area contributed by atoms with Gasteiger partial charge in [-0.3, -0.25) is 4.79 Å². The van der Waals surface area contributed by atoms with Gasteiger partial charge in [0, 0.05) is 11.8 Å². The summed E-state index contributed by atoms with van der Waals surface area (Å²) in [6.07, 6.45) is 0. The van der Waals surface area contributed by atoms with Crippen LogP contribution in [0.5, 0.6) is 5.75 Å². The van der Waals surface area contributed by atoms with Crippen molar-refractivity contribution >= 4 is 23.4 Å². The van der Waals surface area contributed by atoms with E-state index < -0.39 is 5.91 Å². The van der Waals surface area contributed by atoms with Crippen molar-refractivity contribution in [1.82, 2.24) is 0 Å². The number of amides is 1. The van der Waals surface area contributed by atoms with Crippen LogP contribution in [0, 0.1) is 0 Å². The summed E-state index contributed by atoms with van der Waals surface area (Å²) < 4.78 is 0.981. The highest BCUT2D eigenvalue weighted by Crippen LogP contribution is 2.23. The Hall–Kier alpha value is -2.00. The number of rotatable bonds is 2. The number of anilines is 1. The summed E-state index contributed by atoms with van der Waals surface area (Å²) in [5.41, 5.74) is 0.730. The van der Waals surface area contributed by atoms with Gasteiger partial charge in [-0.1, -0.05) is 30.3 Å². The predicted molar refractivity (Wildman–Crippen MR) is 67.2 cm³/mol. The van der Waals surface area contributed by atoms with Gasteiger partial charge in [-0.15, -0.1) is 0 Å². The first-order valence-corrected chi connectivity index (χ1v) is 5.37. The van der Waals surface area contributed by atoms with E-state index in [-0.39, 0.29) is 11.3 Å². The van der Waals surface area contributed by atoms with Gasteiger partial charge in [-0.25, -0.2) is 4.42 Å². The fourth-order valence-electron chi connectivity index (χ4n) is 1.44. The molecule has 0 radical (unpaired) electrons. The molecule has 1 N–H and O–H groups in total. The predicted octanol–water partition coefficient (Wildman–Crippen LogP) is 3.19. The minimum absolute atomic E-state index is 0.0842. The highest BCUT2D eigenvalue weighted by Gasteiger charge is 2.18. The monoisotopic (exact) mass is 247 g/mol. The summed E-state index contributed by atoms with van der Waals surface area (Å²) in [6.45, 7) is 0. The number of halogens is 1. The molecule has 3 nitrogen and oxygen atoms in total. The maximum Gasteiger partial charge on any atom is 0.276 e. The topological polar surface area (TPSA) is 40.5 Å². The zero-order valence-electron chi connectivity index (χ0n) is 8.88. The number of para-hydroxylation sites is 2. The van der Waals surface area contributed by atoms with Crippen LogP contribution in [0.3, 0.4) is 0 Å². The van der Waals surface area contributed by atoms with Crippen LogP contribution in [-0.4, -0.2) is 11.0 Å². The van der Waals surface area contributed by atoms with E-state index >= 15 is 0 Å². The largest absolute Gasteiger partial charge is 0.507 e. The minimum Gasteiger partial charge on any atom is -0.507 e. The van der Waals surface area contributed by atoms with Gasteiger partial charge < -0.3 is 5.11 Å². The van der Waals surface area contributed by atoms with Gasteiger partial charge in [0.25, 0.3) is 5.91 Å². The second-order valence-electron chi connectivity index (χ2n) is 3.44. The molecule has 0 atom stereocenters. The van der Waals surface area contributed by atoms with Gasteiger partial charge in [0.15, 0.2) is 0 Å². The number of phenols is 1. The van der Waals surface area contributed by atoms with Crippen molar-refractivity contribution in [3.63, 3.8) is 0 Å². The summed E-state index contributed by atoms with van der Waals surface area (Å²) in [7, 11) is 0. The fourth-order valence-corrected chi connectivity index (χ4v) is 1.64. The van der Waals surface area contributed by atoms with E-state index in [1.165, 1.54) is 12.1 Å². The Kier molecular flexibility index (Phi) is 3.30. The summed E-state index contributed by atoms with van der Waals surface area (Å²) in [4.78, 5) is 12.0. The summed E-state index contributed by atoms with van der Waals surface area (Å²) in [5, 5.41) is 9.57. The van der Waals surface area contributed by atoms with Crippen LogP contribution >= 0.6 is 11.8 Å². The Morgan fingerprint density at radius 1 is 1.00 bits per heavy atom. The van der Waals surface area contributed by atoms with Crippen molar-refractivity contribution in [1.29, 1.82) is 0 Å². The molecular formula is C13H10ClNO2. The van der Waals surface area contributed by atoms with Crippen LogP contribution in [0.4, 0.5) is 5.69 Å². The third-order valence-electron chi connectivity index (χ3n) is 2.30. The van der Waals surface area contributed by atoms with Gasteiger partial charge in [-0.2, -0.15) is 0 Å². The number of hydrogen-bond acceptors (Lipinski definition) is 2. The highest BCUT2D eigenvalue weighted by atomic mass is 35.5. The van der Waals surface area contributed by atoms with Gasteiger partial charge in [0.05, 0.1) is 11.3 Å². The lowest BCUT2D eigenvalue weighted by Gasteiger charge is -2.14. The molecule has 0 aliphatic carbocycles. The molecule has 2 rings (SSSR count). The average molecular weight is 248 g/mol. The molecule has 0 saturated carbocycles. The first kappa shape index (κ1) is 11.5. The molecule has 0 spiro atoms. The van der Waals surface area contributed by atoms with Gasteiger partial charge in [0.2, 0.25) is 0 Å². The molecule has 2 aromatic rings. The van der Waals surface area contributed by atoms with Crippen LogP contribution in [0.2, 0.25) is 0 Å². The van der Waals surface area contributed by atoms with E-state index in [9.17, 15) is 9.90 Å². The summed E-state index contributed by atoms with van der Waals surface area (Å²) in [5.74, 6) is -0.546. The molecular weight excluding hydrogens is 238 g/mol. The van der Waals surface area contributed by atoms with Crippen LogP contribution in [0.15, 0.2) is 54.6 Å². The van der Waals surface area contributed by atoms with E-state index in [2.05, 4.69) is 0 Å². The van der Waals surface area contributed by atoms with E-state index in [0.717, 1.165) is 4.42 Å². The molecule has 0 aromatic heterocycles. The number of carbonyl (C=O) groups excluding carboxylic acids is 1. The lowest BCUT2D eigenvalue weighted by Crippen LogP contribution is -2.20. The summed E-state index contributed by atoms with van der Waals surface area (Å²) in [6, 6.07) is 15.1. The lowest BCUT2D eigenvalue weighted by atomic mass is 10.2. The number of aromatic hydroxyl groups is 1. The van der Waals surface area contributed by atoms with Crippen molar-refractivity contribution in [2.75, 3.05) is 4.42 Å². The molecule has 0 saturated heterocycles. The van der Waals surface area contributed by atoms with Crippen molar-refractivity contribution in [2.45, 2.75) is 0 Å². The van der Waals surface area contributed by atoms with Crippen molar-refractivity contribution in [3.05, 3.63) is 60.2 Å². The molecule has 0 aliphatic heterocycles. The molecule has 0 unspecified atom stereocenters. The standard InChI is InChI=1S/C13H10ClNO2/c14-15(10-6-2-1-3-7-10)13(17)11-8-4-5-9-12(11)16/h1-9,16H. The van der Waals surface area contributed by atoms with Gasteiger partial charge >= 0.3 is 0 Å². The second-order valence-corrected chi connectivity index (χ2v) is 3.78. The van der Waals surface area contributed by atoms with E-state index in [4.69, 9.17) is 11.8 Å². The number of carbonyl (C=O) groups is 1. The molecule has 0 aliphatic rings. The lowest BCUT2D eigenvalue weighted by molar-refractivity contribution is 0.100. The first-order valence-electron chi connectivity index (χ1n) is 5.03. The third-order valence-corrected chi connectivity index (χ3v) is 2.64. The van der Waals surface area contributed by atoms with E-state index in [0.29, 0.717) is 5.69 Å². The Labute approximate surface area is 104 Å². The molecule has 17 heavy (non-hydrogen) atoms. The number of phenolic OH excluding ortho intramolecular Hbond substituents is 1. The third kappa shape index (κ3) is 2.40. The minimum atomic E-state index is -0.462. The number of benzene rings is 2. The Morgan fingerprint density at radius 3 is 2.24 bits per heavy atom. The van der Waals surface area contributed by atoms with Crippen molar-refractivity contribution < 1.29 is 9.90 Å². The van der Waals surface area contributed by atoms with Crippen LogP contribution in [-0.2, 0) is 0 Å². The quantitative estimate of drug-likeness (QED) is 0.828. The number of nitrogens with zero attached hydrogens (tertiary/aromatic N) is 1. The van der Waals surface area contributed by atoms with Crippen molar-refractivity contribution in [2.24, 2.45) is 0 Å². The highest BCUT2D eigenvalue weighted by molar-refractivity contribution is 6.39. The van der Waals surface area contributed by atoms with Crippen LogP contribution in [0.1, 0.15) is 10.4 Å². The molecule has 0 heterocycles. The summed E-state index contributed by atoms with van der Waals surface area (Å²) >= 11 is 5.94. The molecule has 0 bridgehead atoms. The van der Waals surface area contributed by atoms with E-state index in [1.807, 2.05) is 6.07 Å². The fraction of sp³-hybridized carbons (Fsp3) is 0. The van der Waals surface area contributed by atoms with Gasteiger partial charge in [-0.05, 0) is 24.3 Å². The van der Waals surface area contributed by atoms with Gasteiger partial charge in [0.1, 0.15) is 5.75 Å². The Balaban J connectivity index is 2.30. The smallest absolute Gasteiger partial charge is 0.276 e. The zero-order chi connectivity index (χ0) is 12.3. The molecule has 86 valence electrons. The molecule has 2 aromatic carbocycles. The Morgan fingerprint density at radius 2 is 1.59 bits per heavy atom. The maximum absolute atomic E-state index is 12.0. The molecule has 0 fully saturated rings. The average Bonchev–Trinajstić information content (AvgIpc) is 2.39. The van der Waals surface area contributed by atoms with Crippen molar-refractivity contribution in [3.8, 4) is 5.75 Å². The molecule has 4 heteroatoms. The SMILES string of the molecule is O=C(c1ccccc1O)N(Cl)c1ccccc1. The zero-order valence-corrected chi connectivity index (χ0v) is 9.63. The Bertz CT molecular complexity index is 528. The van der Waals surface area contributed by atoms with Crippen LogP contribution in [0.25, 0.3) is 0 Å². The molecule has 1 amide bonds. The number of hydrogen-bond donors (Lipinski definition) is 1. The normalized spacial score (nSPS) is 9.94.